The molecule has 0 aliphatic rings. The zero-order valence-corrected chi connectivity index (χ0v) is 15.3. The molecule has 2 aromatic carbocycles. The Kier molecular flexibility index (Phi) is 6.73. The Labute approximate surface area is 149 Å². The molecule has 5 nitrogen and oxygen atoms in total. The average molecular weight is 360 g/mol. The van der Waals surface area contributed by atoms with E-state index in [4.69, 9.17) is 0 Å². The Morgan fingerprint density at radius 2 is 1.68 bits per heavy atom. The Hall–Kier alpha value is -2.18. The molecule has 134 valence electrons. The fraction of sp³-hybridized carbons (Fsp3) is 0.316. The van der Waals surface area contributed by atoms with Crippen molar-refractivity contribution in [3.63, 3.8) is 0 Å². The summed E-state index contributed by atoms with van der Waals surface area (Å²) in [6, 6.07) is 14.7. The van der Waals surface area contributed by atoms with E-state index in [1.165, 1.54) is 24.6 Å². The van der Waals surface area contributed by atoms with E-state index in [0.29, 0.717) is 5.69 Å². The first-order chi connectivity index (χ1) is 11.9. The van der Waals surface area contributed by atoms with Crippen molar-refractivity contribution in [1.82, 2.24) is 4.72 Å². The molecule has 0 spiro atoms. The van der Waals surface area contributed by atoms with Crippen molar-refractivity contribution in [1.29, 1.82) is 0 Å². The van der Waals surface area contributed by atoms with Crippen molar-refractivity contribution in [3.05, 3.63) is 60.2 Å². The lowest BCUT2D eigenvalue weighted by Gasteiger charge is -2.14. The summed E-state index contributed by atoms with van der Waals surface area (Å²) >= 11 is 0. The van der Waals surface area contributed by atoms with Crippen LogP contribution in [0.1, 0.15) is 32.3 Å². The number of rotatable bonds is 8. The van der Waals surface area contributed by atoms with E-state index >= 15 is 0 Å². The molecule has 0 aromatic heterocycles. The first kappa shape index (κ1) is 19.1. The van der Waals surface area contributed by atoms with Gasteiger partial charge in [-0.2, -0.15) is 4.72 Å². The number of nitrogens with one attached hydrogen (secondary N) is 2. The summed E-state index contributed by atoms with van der Waals surface area (Å²) in [6.45, 7) is 3.66. The van der Waals surface area contributed by atoms with Gasteiger partial charge in [0.1, 0.15) is 0 Å². The summed E-state index contributed by atoms with van der Waals surface area (Å²) in [5, 5.41) is 2.73. The molecule has 0 saturated carbocycles. The predicted octanol–water partition coefficient (Wildman–Crippen LogP) is 3.33. The molecule has 25 heavy (non-hydrogen) atoms. The molecular formula is C19H24N2O3S. The highest BCUT2D eigenvalue weighted by molar-refractivity contribution is 7.89. The number of sulfonamides is 1. The summed E-state index contributed by atoms with van der Waals surface area (Å²) in [4.78, 5) is 12.4. The zero-order valence-electron chi connectivity index (χ0n) is 14.5. The summed E-state index contributed by atoms with van der Waals surface area (Å²) in [6.07, 6.45) is 3.28. The molecule has 2 N–H and O–H groups in total. The standard InChI is InChI=1S/C19H24N2O3S/c1-3-4-8-16-11-13-17(14-12-16)20-19(22)15(2)21-25(23,24)18-9-6-5-7-10-18/h5-7,9-15,21H,3-4,8H2,1-2H3,(H,20,22)/t15-/m1/s1. The van der Waals surface area contributed by atoms with Gasteiger partial charge >= 0.3 is 0 Å². The lowest BCUT2D eigenvalue weighted by Crippen LogP contribution is -2.41. The van der Waals surface area contributed by atoms with Gasteiger partial charge in [-0.25, -0.2) is 8.42 Å². The number of carbonyl (C=O) groups is 1. The van der Waals surface area contributed by atoms with E-state index < -0.39 is 22.0 Å². The maximum atomic E-state index is 12.3. The van der Waals surface area contributed by atoms with Crippen molar-refractivity contribution in [2.24, 2.45) is 0 Å². The fourth-order valence-electron chi connectivity index (χ4n) is 2.34. The highest BCUT2D eigenvalue weighted by Crippen LogP contribution is 2.13. The molecule has 0 saturated heterocycles. The van der Waals surface area contributed by atoms with Crippen LogP contribution in [0.25, 0.3) is 0 Å². The Balaban J connectivity index is 1.96. The van der Waals surface area contributed by atoms with Crippen LogP contribution in [0.2, 0.25) is 0 Å². The SMILES string of the molecule is CCCCc1ccc(NC(=O)[C@@H](C)NS(=O)(=O)c2ccccc2)cc1. The van der Waals surface area contributed by atoms with E-state index in [2.05, 4.69) is 17.0 Å². The lowest BCUT2D eigenvalue weighted by atomic mass is 10.1. The molecule has 0 heterocycles. The van der Waals surface area contributed by atoms with E-state index in [1.807, 2.05) is 24.3 Å². The zero-order chi connectivity index (χ0) is 18.3. The van der Waals surface area contributed by atoms with Crippen molar-refractivity contribution in [2.75, 3.05) is 5.32 Å². The number of unbranched alkanes of at least 4 members (excludes halogenated alkanes) is 1. The third-order valence-corrected chi connectivity index (χ3v) is 5.38. The first-order valence-electron chi connectivity index (χ1n) is 8.39. The summed E-state index contributed by atoms with van der Waals surface area (Å²) in [5.74, 6) is -0.402. The number of hydrogen-bond donors (Lipinski definition) is 2. The van der Waals surface area contributed by atoms with Gasteiger partial charge in [0.2, 0.25) is 15.9 Å². The van der Waals surface area contributed by atoms with Crippen LogP contribution in [0, 0.1) is 0 Å². The maximum absolute atomic E-state index is 12.3. The lowest BCUT2D eigenvalue weighted by molar-refractivity contribution is -0.117. The Morgan fingerprint density at radius 3 is 2.28 bits per heavy atom. The normalized spacial score (nSPS) is 12.6. The fourth-order valence-corrected chi connectivity index (χ4v) is 3.56. The van der Waals surface area contributed by atoms with Crippen LogP contribution in [0.4, 0.5) is 5.69 Å². The van der Waals surface area contributed by atoms with Crippen LogP contribution in [-0.2, 0) is 21.2 Å². The van der Waals surface area contributed by atoms with Gasteiger partial charge < -0.3 is 5.32 Å². The number of amides is 1. The van der Waals surface area contributed by atoms with Crippen LogP contribution < -0.4 is 10.0 Å². The predicted molar refractivity (Wildman–Crippen MR) is 99.9 cm³/mol. The van der Waals surface area contributed by atoms with Crippen LogP contribution in [0.3, 0.4) is 0 Å². The molecule has 1 amide bonds. The highest BCUT2D eigenvalue weighted by Gasteiger charge is 2.21. The van der Waals surface area contributed by atoms with Gasteiger partial charge in [-0.05, 0) is 49.6 Å². The number of aryl methyl sites for hydroxylation is 1. The molecule has 0 aliphatic heterocycles. The van der Waals surface area contributed by atoms with Crippen molar-refractivity contribution < 1.29 is 13.2 Å². The minimum atomic E-state index is -3.72. The van der Waals surface area contributed by atoms with Gasteiger partial charge in [-0.3, -0.25) is 4.79 Å². The van der Waals surface area contributed by atoms with Gasteiger partial charge in [-0.15, -0.1) is 0 Å². The third kappa shape index (κ3) is 5.69. The quantitative estimate of drug-likeness (QED) is 0.758. The molecule has 0 fully saturated rings. The second kappa shape index (κ2) is 8.78. The number of anilines is 1. The topological polar surface area (TPSA) is 75.3 Å². The summed E-state index contributed by atoms with van der Waals surface area (Å²) in [5.41, 5.74) is 1.87. The van der Waals surface area contributed by atoms with E-state index in [0.717, 1.165) is 19.3 Å². The second-order valence-electron chi connectivity index (χ2n) is 5.95. The van der Waals surface area contributed by atoms with Gasteiger partial charge in [-0.1, -0.05) is 43.7 Å². The maximum Gasteiger partial charge on any atom is 0.242 e. The minimum absolute atomic E-state index is 0.134. The van der Waals surface area contributed by atoms with Crippen molar-refractivity contribution in [2.45, 2.75) is 44.0 Å². The molecule has 2 aromatic rings. The molecule has 0 unspecified atom stereocenters. The highest BCUT2D eigenvalue weighted by atomic mass is 32.2. The van der Waals surface area contributed by atoms with E-state index in [9.17, 15) is 13.2 Å². The summed E-state index contributed by atoms with van der Waals surface area (Å²) < 4.78 is 26.9. The van der Waals surface area contributed by atoms with E-state index in [1.54, 1.807) is 18.2 Å². The monoisotopic (exact) mass is 360 g/mol. The van der Waals surface area contributed by atoms with Crippen LogP contribution in [0.5, 0.6) is 0 Å². The van der Waals surface area contributed by atoms with Crippen molar-refractivity contribution in [3.8, 4) is 0 Å². The molecule has 6 heteroatoms. The van der Waals surface area contributed by atoms with Crippen LogP contribution >= 0.6 is 0 Å². The van der Waals surface area contributed by atoms with Crippen LogP contribution in [-0.4, -0.2) is 20.4 Å². The third-order valence-electron chi connectivity index (χ3n) is 3.82. The number of hydrogen-bond acceptors (Lipinski definition) is 3. The largest absolute Gasteiger partial charge is 0.325 e. The minimum Gasteiger partial charge on any atom is -0.325 e. The smallest absolute Gasteiger partial charge is 0.242 e. The molecular weight excluding hydrogens is 336 g/mol. The van der Waals surface area contributed by atoms with Crippen molar-refractivity contribution >= 4 is 21.6 Å². The first-order valence-corrected chi connectivity index (χ1v) is 9.88. The van der Waals surface area contributed by atoms with Gasteiger partial charge in [0, 0.05) is 5.69 Å². The molecule has 0 bridgehead atoms. The molecule has 2 rings (SSSR count). The van der Waals surface area contributed by atoms with Crippen LogP contribution in [0.15, 0.2) is 59.5 Å². The Morgan fingerprint density at radius 1 is 1.04 bits per heavy atom. The van der Waals surface area contributed by atoms with Gasteiger partial charge in [0.05, 0.1) is 10.9 Å². The van der Waals surface area contributed by atoms with Gasteiger partial charge in [0.25, 0.3) is 0 Å². The summed E-state index contributed by atoms with van der Waals surface area (Å²) in [7, 11) is -3.72. The number of carbonyl (C=O) groups excluding carboxylic acids is 1. The molecule has 0 aliphatic carbocycles. The van der Waals surface area contributed by atoms with E-state index in [-0.39, 0.29) is 4.90 Å². The van der Waals surface area contributed by atoms with Gasteiger partial charge in [0.15, 0.2) is 0 Å². The second-order valence-corrected chi connectivity index (χ2v) is 7.66. The molecule has 0 radical (unpaired) electrons. The number of benzene rings is 2. The Bertz CT molecular complexity index is 787. The molecule has 1 atom stereocenters. The average Bonchev–Trinajstić information content (AvgIpc) is 2.61.